The number of amides is 3. The van der Waals surface area contributed by atoms with Crippen LogP contribution in [0, 0.1) is 0 Å². The van der Waals surface area contributed by atoms with Crippen molar-refractivity contribution in [1.82, 2.24) is 15.5 Å². The van der Waals surface area contributed by atoms with Crippen LogP contribution in [0.2, 0.25) is 0 Å². The first kappa shape index (κ1) is 17.9. The standard InChI is InChI=1S/C14H27N3O4/c1-2-3-6-15-14(20)16-13(19)11-17-7-4-12(5-8-17)21-10-9-18/h12,18H,2-11H2,1H3,(H2,15,16,19,20). The van der Waals surface area contributed by atoms with E-state index in [0.29, 0.717) is 13.2 Å². The summed E-state index contributed by atoms with van der Waals surface area (Å²) in [5, 5.41) is 13.7. The van der Waals surface area contributed by atoms with Gasteiger partial charge in [-0.1, -0.05) is 13.3 Å². The molecule has 0 spiro atoms. The van der Waals surface area contributed by atoms with Gasteiger partial charge in [-0.2, -0.15) is 0 Å². The topological polar surface area (TPSA) is 90.9 Å². The maximum Gasteiger partial charge on any atom is 0.321 e. The fourth-order valence-electron chi connectivity index (χ4n) is 2.25. The van der Waals surface area contributed by atoms with Gasteiger partial charge in [0.05, 0.1) is 25.9 Å². The Hall–Kier alpha value is -1.18. The number of carbonyl (C=O) groups is 2. The molecule has 3 N–H and O–H groups in total. The second-order valence-electron chi connectivity index (χ2n) is 5.23. The van der Waals surface area contributed by atoms with Crippen molar-refractivity contribution in [2.24, 2.45) is 0 Å². The highest BCUT2D eigenvalue weighted by atomic mass is 16.5. The molecule has 122 valence electrons. The van der Waals surface area contributed by atoms with E-state index in [1.165, 1.54) is 0 Å². The Morgan fingerprint density at radius 1 is 1.33 bits per heavy atom. The van der Waals surface area contributed by atoms with Crippen LogP contribution in [0.1, 0.15) is 32.6 Å². The molecule has 0 radical (unpaired) electrons. The van der Waals surface area contributed by atoms with Crippen molar-refractivity contribution in [3.8, 4) is 0 Å². The summed E-state index contributed by atoms with van der Waals surface area (Å²) in [5.74, 6) is -0.279. The lowest BCUT2D eigenvalue weighted by atomic mass is 10.1. The highest BCUT2D eigenvalue weighted by Crippen LogP contribution is 2.12. The molecule has 0 aromatic carbocycles. The van der Waals surface area contributed by atoms with E-state index in [0.717, 1.165) is 38.8 Å². The van der Waals surface area contributed by atoms with E-state index in [-0.39, 0.29) is 25.2 Å². The number of rotatable bonds is 8. The number of aliphatic hydroxyl groups excluding tert-OH is 1. The largest absolute Gasteiger partial charge is 0.394 e. The van der Waals surface area contributed by atoms with Crippen LogP contribution >= 0.6 is 0 Å². The van der Waals surface area contributed by atoms with Crippen molar-refractivity contribution in [3.63, 3.8) is 0 Å². The zero-order valence-electron chi connectivity index (χ0n) is 12.8. The Kier molecular flexibility index (Phi) is 8.96. The number of piperidine rings is 1. The van der Waals surface area contributed by atoms with Gasteiger partial charge in [0.25, 0.3) is 0 Å². The normalized spacial score (nSPS) is 16.7. The van der Waals surface area contributed by atoms with Crippen LogP contribution in [-0.4, -0.2) is 67.4 Å². The van der Waals surface area contributed by atoms with Crippen LogP contribution in [-0.2, 0) is 9.53 Å². The van der Waals surface area contributed by atoms with Crippen molar-refractivity contribution in [3.05, 3.63) is 0 Å². The minimum absolute atomic E-state index is 0.0375. The second-order valence-corrected chi connectivity index (χ2v) is 5.23. The molecule has 0 atom stereocenters. The van der Waals surface area contributed by atoms with Crippen LogP contribution in [0.3, 0.4) is 0 Å². The molecule has 1 saturated heterocycles. The summed E-state index contributed by atoms with van der Waals surface area (Å²) >= 11 is 0. The molecule has 0 saturated carbocycles. The van der Waals surface area contributed by atoms with Gasteiger partial charge in [0.15, 0.2) is 0 Å². The summed E-state index contributed by atoms with van der Waals surface area (Å²) < 4.78 is 5.46. The molecule has 1 aliphatic heterocycles. The third-order valence-corrected chi connectivity index (χ3v) is 3.42. The number of hydrogen-bond acceptors (Lipinski definition) is 5. The van der Waals surface area contributed by atoms with Gasteiger partial charge in [0.2, 0.25) is 5.91 Å². The first-order valence-corrected chi connectivity index (χ1v) is 7.68. The Bertz CT molecular complexity index is 317. The van der Waals surface area contributed by atoms with Crippen LogP contribution in [0.25, 0.3) is 0 Å². The molecule has 1 heterocycles. The van der Waals surface area contributed by atoms with E-state index < -0.39 is 6.03 Å². The monoisotopic (exact) mass is 301 g/mol. The number of aliphatic hydroxyl groups is 1. The molecule has 21 heavy (non-hydrogen) atoms. The molecule has 1 aliphatic rings. The molecule has 0 aromatic heterocycles. The van der Waals surface area contributed by atoms with Gasteiger partial charge in [-0.15, -0.1) is 0 Å². The van der Waals surface area contributed by atoms with Crippen molar-refractivity contribution in [2.75, 3.05) is 39.4 Å². The van der Waals surface area contributed by atoms with Crippen LogP contribution < -0.4 is 10.6 Å². The number of carbonyl (C=O) groups excluding carboxylic acids is 2. The molecule has 3 amide bonds. The molecular formula is C14H27N3O4. The number of ether oxygens (including phenoxy) is 1. The highest BCUT2D eigenvalue weighted by Gasteiger charge is 2.21. The third-order valence-electron chi connectivity index (χ3n) is 3.42. The predicted molar refractivity (Wildman–Crippen MR) is 78.9 cm³/mol. The average Bonchev–Trinajstić information content (AvgIpc) is 2.46. The molecule has 1 fully saturated rings. The lowest BCUT2D eigenvalue weighted by molar-refractivity contribution is -0.121. The van der Waals surface area contributed by atoms with E-state index in [1.54, 1.807) is 0 Å². The van der Waals surface area contributed by atoms with Crippen LogP contribution in [0.5, 0.6) is 0 Å². The Labute approximate surface area is 126 Å². The van der Waals surface area contributed by atoms with Gasteiger partial charge in [-0.25, -0.2) is 4.79 Å². The van der Waals surface area contributed by atoms with Crippen molar-refractivity contribution in [1.29, 1.82) is 0 Å². The number of nitrogens with one attached hydrogen (secondary N) is 2. The minimum Gasteiger partial charge on any atom is -0.394 e. The summed E-state index contributed by atoms with van der Waals surface area (Å²) in [5.41, 5.74) is 0. The zero-order chi connectivity index (χ0) is 15.5. The Morgan fingerprint density at radius 2 is 2.05 bits per heavy atom. The van der Waals surface area contributed by atoms with E-state index >= 15 is 0 Å². The van der Waals surface area contributed by atoms with Gasteiger partial charge < -0.3 is 15.2 Å². The highest BCUT2D eigenvalue weighted by molar-refractivity contribution is 5.95. The summed E-state index contributed by atoms with van der Waals surface area (Å²) in [6.45, 7) is 4.79. The molecular weight excluding hydrogens is 274 g/mol. The molecule has 0 bridgehead atoms. The molecule has 7 nitrogen and oxygen atoms in total. The maximum atomic E-state index is 11.7. The minimum atomic E-state index is -0.422. The SMILES string of the molecule is CCCCNC(=O)NC(=O)CN1CCC(OCCO)CC1. The van der Waals surface area contributed by atoms with E-state index in [9.17, 15) is 9.59 Å². The average molecular weight is 301 g/mol. The molecule has 7 heteroatoms. The van der Waals surface area contributed by atoms with Gasteiger partial charge in [0.1, 0.15) is 0 Å². The summed E-state index contributed by atoms with van der Waals surface area (Å²) in [7, 11) is 0. The van der Waals surface area contributed by atoms with Gasteiger partial charge in [-0.05, 0) is 19.3 Å². The summed E-state index contributed by atoms with van der Waals surface area (Å²) in [6.07, 6.45) is 3.75. The third kappa shape index (κ3) is 7.99. The Morgan fingerprint density at radius 3 is 2.67 bits per heavy atom. The fraction of sp³-hybridized carbons (Fsp3) is 0.857. The molecule has 0 unspecified atom stereocenters. The van der Waals surface area contributed by atoms with Crippen molar-refractivity contribution >= 4 is 11.9 Å². The van der Waals surface area contributed by atoms with Gasteiger partial charge >= 0.3 is 6.03 Å². The van der Waals surface area contributed by atoms with Gasteiger partial charge in [-0.3, -0.25) is 15.0 Å². The fourth-order valence-corrected chi connectivity index (χ4v) is 2.25. The first-order valence-electron chi connectivity index (χ1n) is 7.68. The number of nitrogens with zero attached hydrogens (tertiary/aromatic N) is 1. The quantitative estimate of drug-likeness (QED) is 0.553. The summed E-state index contributed by atoms with van der Waals surface area (Å²) in [4.78, 5) is 25.2. The molecule has 1 rings (SSSR count). The van der Waals surface area contributed by atoms with Gasteiger partial charge in [0, 0.05) is 19.6 Å². The van der Waals surface area contributed by atoms with E-state index in [1.807, 2.05) is 11.8 Å². The van der Waals surface area contributed by atoms with Crippen molar-refractivity contribution in [2.45, 2.75) is 38.7 Å². The van der Waals surface area contributed by atoms with E-state index in [4.69, 9.17) is 9.84 Å². The number of urea groups is 1. The number of hydrogen-bond donors (Lipinski definition) is 3. The zero-order valence-corrected chi connectivity index (χ0v) is 12.8. The summed E-state index contributed by atoms with van der Waals surface area (Å²) in [6, 6.07) is -0.422. The van der Waals surface area contributed by atoms with Crippen molar-refractivity contribution < 1.29 is 19.4 Å². The number of likely N-dealkylation sites (tertiary alicyclic amines) is 1. The number of unbranched alkanes of at least 4 members (excludes halogenated alkanes) is 1. The maximum absolute atomic E-state index is 11.7. The lowest BCUT2D eigenvalue weighted by Gasteiger charge is -2.31. The lowest BCUT2D eigenvalue weighted by Crippen LogP contribution is -2.47. The number of imide groups is 1. The van der Waals surface area contributed by atoms with E-state index in [2.05, 4.69) is 10.6 Å². The second kappa shape index (κ2) is 10.5. The Balaban J connectivity index is 2.14. The predicted octanol–water partition coefficient (Wildman–Crippen LogP) is 0.0856. The molecule has 0 aliphatic carbocycles. The smallest absolute Gasteiger partial charge is 0.321 e. The first-order chi connectivity index (χ1) is 10.2. The molecule has 0 aromatic rings. The van der Waals surface area contributed by atoms with Crippen LogP contribution in [0.4, 0.5) is 4.79 Å². The van der Waals surface area contributed by atoms with Crippen LogP contribution in [0.15, 0.2) is 0 Å².